The van der Waals surface area contributed by atoms with Crippen LogP contribution in [-0.4, -0.2) is 24.3 Å². The lowest BCUT2D eigenvalue weighted by Crippen LogP contribution is -2.51. The van der Waals surface area contributed by atoms with E-state index in [0.29, 0.717) is 12.3 Å². The first-order chi connectivity index (χ1) is 13.9. The van der Waals surface area contributed by atoms with Crippen molar-refractivity contribution in [2.45, 2.75) is 24.8 Å². The summed E-state index contributed by atoms with van der Waals surface area (Å²) in [5, 5.41) is 0. The van der Waals surface area contributed by atoms with Gasteiger partial charge in [-0.2, -0.15) is 0 Å². The number of likely N-dealkylation sites (tertiary alicyclic amines) is 1. The summed E-state index contributed by atoms with van der Waals surface area (Å²) in [4.78, 5) is 13.6. The van der Waals surface area contributed by atoms with Crippen LogP contribution < -0.4 is 0 Å². The Labute approximate surface area is 167 Å². The first-order valence-electron chi connectivity index (χ1n) is 10.2. The number of nitrogens with zero attached hydrogens (tertiary/aromatic N) is 1. The van der Waals surface area contributed by atoms with Crippen molar-refractivity contribution in [3.8, 4) is 0 Å². The van der Waals surface area contributed by atoms with Crippen LogP contribution in [0.15, 0.2) is 91.0 Å². The van der Waals surface area contributed by atoms with Gasteiger partial charge in [0.2, 0.25) is 0 Å². The van der Waals surface area contributed by atoms with E-state index in [9.17, 15) is 4.79 Å². The van der Waals surface area contributed by atoms with Gasteiger partial charge in [-0.3, -0.25) is 4.90 Å². The smallest absolute Gasteiger partial charge is 0.120 e. The van der Waals surface area contributed by atoms with Crippen LogP contribution >= 0.6 is 0 Å². The van der Waals surface area contributed by atoms with Crippen molar-refractivity contribution in [1.29, 1.82) is 0 Å². The Balaban J connectivity index is 1.88. The number of hydrogen-bond acceptors (Lipinski definition) is 2. The van der Waals surface area contributed by atoms with Crippen molar-refractivity contribution in [1.82, 2.24) is 4.90 Å². The van der Waals surface area contributed by atoms with Crippen LogP contribution in [0.4, 0.5) is 0 Å². The minimum atomic E-state index is -0.323. The topological polar surface area (TPSA) is 20.3 Å². The molecule has 3 aromatic carbocycles. The van der Waals surface area contributed by atoms with Crippen molar-refractivity contribution in [3.63, 3.8) is 0 Å². The van der Waals surface area contributed by atoms with Crippen LogP contribution in [0.25, 0.3) is 0 Å². The Morgan fingerprint density at radius 3 is 1.46 bits per heavy atom. The largest absolute Gasteiger partial charge is 0.303 e. The molecule has 0 aliphatic carbocycles. The van der Waals surface area contributed by atoms with Gasteiger partial charge in [-0.1, -0.05) is 91.0 Å². The van der Waals surface area contributed by atoms with Gasteiger partial charge in [0.15, 0.2) is 0 Å². The van der Waals surface area contributed by atoms with Crippen LogP contribution in [0.5, 0.6) is 0 Å². The fourth-order valence-electron chi connectivity index (χ4n) is 4.73. The molecular formula is C26H27NO. The van der Waals surface area contributed by atoms with E-state index in [1.165, 1.54) is 16.7 Å². The van der Waals surface area contributed by atoms with E-state index in [4.69, 9.17) is 0 Å². The summed E-state index contributed by atoms with van der Waals surface area (Å²) >= 11 is 0. The van der Waals surface area contributed by atoms with Gasteiger partial charge in [0.1, 0.15) is 6.29 Å². The van der Waals surface area contributed by atoms with Crippen molar-refractivity contribution < 1.29 is 4.79 Å². The van der Waals surface area contributed by atoms with Crippen molar-refractivity contribution in [2.75, 3.05) is 13.1 Å². The summed E-state index contributed by atoms with van der Waals surface area (Å²) in [6, 6.07) is 32.5. The van der Waals surface area contributed by atoms with Gasteiger partial charge in [0.25, 0.3) is 0 Å². The van der Waals surface area contributed by atoms with Crippen LogP contribution in [0.1, 0.15) is 36.0 Å². The normalized spacial score (nSPS) is 16.0. The van der Waals surface area contributed by atoms with Gasteiger partial charge < -0.3 is 4.79 Å². The molecule has 0 radical (unpaired) electrons. The Morgan fingerprint density at radius 2 is 1.11 bits per heavy atom. The van der Waals surface area contributed by atoms with E-state index in [1.807, 2.05) is 0 Å². The molecule has 0 bridgehead atoms. The number of rotatable bonds is 6. The van der Waals surface area contributed by atoms with E-state index in [-0.39, 0.29) is 5.54 Å². The standard InChI is InChI=1S/C26H27NO/c28-21-18-22-16-19-27(20-17-22)26(23-10-4-1-5-11-23,24-12-6-2-7-13-24)25-14-8-3-9-15-25/h1-15,21-22H,16-20H2. The molecule has 1 heterocycles. The zero-order chi connectivity index (χ0) is 19.2. The molecule has 0 atom stereocenters. The summed E-state index contributed by atoms with van der Waals surface area (Å²) in [5.41, 5.74) is 3.55. The maximum Gasteiger partial charge on any atom is 0.120 e. The zero-order valence-corrected chi connectivity index (χ0v) is 16.2. The minimum absolute atomic E-state index is 0.323. The highest BCUT2D eigenvalue weighted by atomic mass is 16.1. The molecule has 0 N–H and O–H groups in total. The van der Waals surface area contributed by atoms with E-state index in [0.717, 1.165) is 32.2 Å². The number of hydrogen-bond donors (Lipinski definition) is 0. The molecule has 4 rings (SSSR count). The summed E-state index contributed by atoms with van der Waals surface area (Å²) in [6.45, 7) is 1.97. The lowest BCUT2D eigenvalue weighted by Gasteiger charge is -2.48. The Morgan fingerprint density at radius 1 is 0.714 bits per heavy atom. The van der Waals surface area contributed by atoms with E-state index < -0.39 is 0 Å². The Bertz CT molecular complexity index is 771. The third kappa shape index (κ3) is 3.41. The third-order valence-corrected chi connectivity index (χ3v) is 6.09. The number of piperidine rings is 1. The second kappa shape index (κ2) is 8.53. The van der Waals surface area contributed by atoms with Gasteiger partial charge in [-0.15, -0.1) is 0 Å². The monoisotopic (exact) mass is 369 g/mol. The highest BCUT2D eigenvalue weighted by Gasteiger charge is 2.43. The van der Waals surface area contributed by atoms with Gasteiger partial charge in [0.05, 0.1) is 5.54 Å². The summed E-state index contributed by atoms with van der Waals surface area (Å²) in [5.74, 6) is 0.508. The highest BCUT2D eigenvalue weighted by Crippen LogP contribution is 2.44. The molecule has 28 heavy (non-hydrogen) atoms. The quantitative estimate of drug-likeness (QED) is 0.435. The average Bonchev–Trinajstić information content (AvgIpc) is 2.78. The molecule has 1 saturated heterocycles. The number of aldehydes is 1. The number of carbonyl (C=O) groups is 1. The van der Waals surface area contributed by atoms with Crippen molar-refractivity contribution in [3.05, 3.63) is 108 Å². The predicted octanol–water partition coefficient (Wildman–Crippen LogP) is 5.28. The summed E-state index contributed by atoms with van der Waals surface area (Å²) in [6.07, 6.45) is 3.89. The third-order valence-electron chi connectivity index (χ3n) is 6.09. The highest BCUT2D eigenvalue weighted by molar-refractivity contribution is 5.51. The summed E-state index contributed by atoms with van der Waals surface area (Å²) < 4.78 is 0. The molecule has 142 valence electrons. The second-order valence-electron chi connectivity index (χ2n) is 7.64. The van der Waals surface area contributed by atoms with Gasteiger partial charge in [-0.05, 0) is 48.5 Å². The lowest BCUT2D eigenvalue weighted by molar-refractivity contribution is -0.109. The Kier molecular flexibility index (Phi) is 5.68. The van der Waals surface area contributed by atoms with Crippen LogP contribution in [0, 0.1) is 5.92 Å². The molecule has 3 aromatic rings. The molecular weight excluding hydrogens is 342 g/mol. The first-order valence-corrected chi connectivity index (χ1v) is 10.2. The molecule has 0 unspecified atom stereocenters. The second-order valence-corrected chi connectivity index (χ2v) is 7.64. The lowest BCUT2D eigenvalue weighted by atomic mass is 9.74. The van der Waals surface area contributed by atoms with Gasteiger partial charge in [0, 0.05) is 6.42 Å². The number of carbonyl (C=O) groups excluding carboxylic acids is 1. The SMILES string of the molecule is O=CCC1CCN(C(c2ccccc2)(c2ccccc2)c2ccccc2)CC1. The fourth-order valence-corrected chi connectivity index (χ4v) is 4.73. The van der Waals surface area contributed by atoms with E-state index >= 15 is 0 Å². The maximum atomic E-state index is 11.0. The van der Waals surface area contributed by atoms with E-state index in [1.54, 1.807) is 0 Å². The molecule has 1 aliphatic heterocycles. The minimum Gasteiger partial charge on any atom is -0.303 e. The van der Waals surface area contributed by atoms with Crippen LogP contribution in [0.3, 0.4) is 0 Å². The first kappa shape index (κ1) is 18.6. The zero-order valence-electron chi connectivity index (χ0n) is 16.2. The van der Waals surface area contributed by atoms with Gasteiger partial charge in [-0.25, -0.2) is 0 Å². The Hall–Kier alpha value is -2.71. The molecule has 2 heteroatoms. The number of benzene rings is 3. The van der Waals surface area contributed by atoms with Crippen molar-refractivity contribution in [2.24, 2.45) is 5.92 Å². The predicted molar refractivity (Wildman–Crippen MR) is 114 cm³/mol. The fraction of sp³-hybridized carbons (Fsp3) is 0.269. The average molecular weight is 370 g/mol. The van der Waals surface area contributed by atoms with Crippen LogP contribution in [0.2, 0.25) is 0 Å². The molecule has 0 saturated carbocycles. The summed E-state index contributed by atoms with van der Waals surface area (Å²) in [7, 11) is 0. The molecule has 0 aromatic heterocycles. The molecule has 1 aliphatic rings. The van der Waals surface area contributed by atoms with Gasteiger partial charge >= 0.3 is 0 Å². The maximum absolute atomic E-state index is 11.0. The molecule has 0 amide bonds. The van der Waals surface area contributed by atoms with E-state index in [2.05, 4.69) is 95.9 Å². The molecule has 1 fully saturated rings. The van der Waals surface area contributed by atoms with Crippen LogP contribution in [-0.2, 0) is 10.3 Å². The molecule has 2 nitrogen and oxygen atoms in total. The molecule has 0 spiro atoms. The van der Waals surface area contributed by atoms with Crippen molar-refractivity contribution >= 4 is 6.29 Å².